The predicted molar refractivity (Wildman–Crippen MR) is 69.2 cm³/mol. The maximum Gasteiger partial charge on any atom is 0.251 e. The first-order valence-corrected chi connectivity index (χ1v) is 5.55. The molecule has 3 N–H and O–H groups in total. The van der Waals surface area contributed by atoms with Crippen molar-refractivity contribution in [1.82, 2.24) is 5.32 Å². The molecule has 0 radical (unpaired) electrons. The number of nitrogen functional groups attached to an aromatic ring is 1. The van der Waals surface area contributed by atoms with E-state index in [0.29, 0.717) is 17.0 Å². The summed E-state index contributed by atoms with van der Waals surface area (Å²) in [5.74, 6) is 0.141. The SMILES string of the molecule is CC(C)(C)NC(=O)c1ccc(N)c(OCC#N)c1. The van der Waals surface area contributed by atoms with E-state index in [1.165, 1.54) is 6.07 Å². The van der Waals surface area contributed by atoms with Gasteiger partial charge in [0, 0.05) is 11.1 Å². The molecule has 0 unspecified atom stereocenters. The predicted octanol–water partition coefficient (Wildman–Crippen LogP) is 1.70. The number of nitrogens with zero attached hydrogens (tertiary/aromatic N) is 1. The van der Waals surface area contributed by atoms with Crippen LogP contribution in [0.4, 0.5) is 5.69 Å². The number of nitrogens with two attached hydrogens (primary N) is 1. The normalized spacial score (nSPS) is 10.6. The molecule has 18 heavy (non-hydrogen) atoms. The van der Waals surface area contributed by atoms with E-state index in [4.69, 9.17) is 15.7 Å². The number of benzene rings is 1. The van der Waals surface area contributed by atoms with Gasteiger partial charge in [-0.25, -0.2) is 0 Å². The Morgan fingerprint density at radius 3 is 2.72 bits per heavy atom. The number of amides is 1. The maximum atomic E-state index is 11.9. The van der Waals surface area contributed by atoms with Gasteiger partial charge in [0.05, 0.1) is 5.69 Å². The molecule has 1 aromatic rings. The lowest BCUT2D eigenvalue weighted by Crippen LogP contribution is -2.40. The number of rotatable bonds is 3. The van der Waals surface area contributed by atoms with Crippen molar-refractivity contribution in [1.29, 1.82) is 5.26 Å². The van der Waals surface area contributed by atoms with Crippen LogP contribution in [0.25, 0.3) is 0 Å². The summed E-state index contributed by atoms with van der Waals surface area (Å²) in [5.41, 5.74) is 6.23. The highest BCUT2D eigenvalue weighted by Crippen LogP contribution is 2.23. The van der Waals surface area contributed by atoms with Crippen molar-refractivity contribution in [2.45, 2.75) is 26.3 Å². The molecule has 0 aromatic heterocycles. The van der Waals surface area contributed by atoms with Gasteiger partial charge >= 0.3 is 0 Å². The average Bonchev–Trinajstić information content (AvgIpc) is 2.25. The standard InChI is InChI=1S/C13H17N3O2/c1-13(2,3)16-12(17)9-4-5-10(15)11(8-9)18-7-6-14/h4-5,8H,7,15H2,1-3H3,(H,16,17). The number of nitrogens with one attached hydrogen (secondary N) is 1. The molecule has 0 heterocycles. The summed E-state index contributed by atoms with van der Waals surface area (Å²) >= 11 is 0. The fraction of sp³-hybridized carbons (Fsp3) is 0.385. The van der Waals surface area contributed by atoms with Gasteiger partial charge in [-0.05, 0) is 39.0 Å². The summed E-state index contributed by atoms with van der Waals surface area (Å²) in [7, 11) is 0. The van der Waals surface area contributed by atoms with E-state index in [0.717, 1.165) is 0 Å². The van der Waals surface area contributed by atoms with E-state index in [1.54, 1.807) is 12.1 Å². The first-order valence-electron chi connectivity index (χ1n) is 5.55. The van der Waals surface area contributed by atoms with E-state index in [9.17, 15) is 4.79 Å². The van der Waals surface area contributed by atoms with Gasteiger partial charge in [0.15, 0.2) is 6.61 Å². The number of hydrogen-bond acceptors (Lipinski definition) is 4. The zero-order chi connectivity index (χ0) is 13.8. The highest BCUT2D eigenvalue weighted by Gasteiger charge is 2.16. The van der Waals surface area contributed by atoms with Crippen molar-refractivity contribution >= 4 is 11.6 Å². The monoisotopic (exact) mass is 247 g/mol. The smallest absolute Gasteiger partial charge is 0.251 e. The fourth-order valence-electron chi connectivity index (χ4n) is 1.32. The molecule has 5 nitrogen and oxygen atoms in total. The summed E-state index contributed by atoms with van der Waals surface area (Å²) in [4.78, 5) is 11.9. The molecule has 0 aliphatic rings. The van der Waals surface area contributed by atoms with Crippen LogP contribution in [0.5, 0.6) is 5.75 Å². The molecular weight excluding hydrogens is 230 g/mol. The fourth-order valence-corrected chi connectivity index (χ4v) is 1.32. The topological polar surface area (TPSA) is 88.1 Å². The van der Waals surface area contributed by atoms with Crippen LogP contribution in [0.15, 0.2) is 18.2 Å². The van der Waals surface area contributed by atoms with E-state index in [-0.39, 0.29) is 18.1 Å². The molecule has 5 heteroatoms. The van der Waals surface area contributed by atoms with Crippen molar-refractivity contribution < 1.29 is 9.53 Å². The maximum absolute atomic E-state index is 11.9. The third-order valence-corrected chi connectivity index (χ3v) is 2.06. The molecular formula is C13H17N3O2. The van der Waals surface area contributed by atoms with Crippen LogP contribution in [0, 0.1) is 11.3 Å². The minimum atomic E-state index is -0.313. The minimum Gasteiger partial charge on any atom is -0.477 e. The van der Waals surface area contributed by atoms with Gasteiger partial charge in [-0.2, -0.15) is 5.26 Å². The summed E-state index contributed by atoms with van der Waals surface area (Å²) in [6.45, 7) is 5.59. The molecule has 0 spiro atoms. The number of anilines is 1. The molecule has 0 saturated heterocycles. The third-order valence-electron chi connectivity index (χ3n) is 2.06. The lowest BCUT2D eigenvalue weighted by atomic mass is 10.1. The first-order chi connectivity index (χ1) is 8.33. The Morgan fingerprint density at radius 1 is 1.50 bits per heavy atom. The molecule has 96 valence electrons. The highest BCUT2D eigenvalue weighted by molar-refractivity contribution is 5.95. The summed E-state index contributed by atoms with van der Waals surface area (Å²) in [5, 5.41) is 11.3. The van der Waals surface area contributed by atoms with Crippen LogP contribution in [-0.4, -0.2) is 18.1 Å². The lowest BCUT2D eigenvalue weighted by molar-refractivity contribution is 0.0919. The molecule has 0 aliphatic carbocycles. The molecule has 1 rings (SSSR count). The zero-order valence-electron chi connectivity index (χ0n) is 10.8. The van der Waals surface area contributed by atoms with Crippen molar-refractivity contribution in [2.75, 3.05) is 12.3 Å². The third kappa shape index (κ3) is 3.98. The average molecular weight is 247 g/mol. The number of hydrogen-bond donors (Lipinski definition) is 2. The number of carbonyl (C=O) groups excluding carboxylic acids is 1. The summed E-state index contributed by atoms with van der Waals surface area (Å²) in [6.07, 6.45) is 0. The highest BCUT2D eigenvalue weighted by atomic mass is 16.5. The van der Waals surface area contributed by atoms with Gasteiger partial charge in [-0.1, -0.05) is 0 Å². The second kappa shape index (κ2) is 5.41. The van der Waals surface area contributed by atoms with E-state index in [1.807, 2.05) is 26.8 Å². The van der Waals surface area contributed by atoms with Crippen molar-refractivity contribution in [3.8, 4) is 11.8 Å². The Bertz CT molecular complexity index is 484. The van der Waals surface area contributed by atoms with Crippen LogP contribution in [0.1, 0.15) is 31.1 Å². The first kappa shape index (κ1) is 13.8. The molecule has 1 amide bonds. The second-order valence-electron chi connectivity index (χ2n) is 4.90. The van der Waals surface area contributed by atoms with E-state index in [2.05, 4.69) is 5.32 Å². The number of ether oxygens (including phenoxy) is 1. The Kier molecular flexibility index (Phi) is 4.16. The Hall–Kier alpha value is -2.22. The van der Waals surface area contributed by atoms with Gasteiger partial charge in [0.2, 0.25) is 0 Å². The van der Waals surface area contributed by atoms with E-state index < -0.39 is 0 Å². The zero-order valence-corrected chi connectivity index (χ0v) is 10.8. The van der Waals surface area contributed by atoms with Crippen LogP contribution in [-0.2, 0) is 0 Å². The van der Waals surface area contributed by atoms with Gasteiger partial charge in [0.1, 0.15) is 11.8 Å². The van der Waals surface area contributed by atoms with Crippen molar-refractivity contribution in [3.63, 3.8) is 0 Å². The number of carbonyl (C=O) groups is 1. The van der Waals surface area contributed by atoms with Crippen LogP contribution in [0.2, 0.25) is 0 Å². The quantitative estimate of drug-likeness (QED) is 0.796. The van der Waals surface area contributed by atoms with E-state index >= 15 is 0 Å². The van der Waals surface area contributed by atoms with Crippen molar-refractivity contribution in [2.24, 2.45) is 0 Å². The van der Waals surface area contributed by atoms with Gasteiger partial charge in [-0.3, -0.25) is 4.79 Å². The van der Waals surface area contributed by atoms with Gasteiger partial charge in [0.25, 0.3) is 5.91 Å². The Morgan fingerprint density at radius 2 is 2.17 bits per heavy atom. The lowest BCUT2D eigenvalue weighted by Gasteiger charge is -2.20. The Balaban J connectivity index is 2.91. The van der Waals surface area contributed by atoms with Crippen LogP contribution in [0.3, 0.4) is 0 Å². The summed E-state index contributed by atoms with van der Waals surface area (Å²) < 4.78 is 5.14. The van der Waals surface area contributed by atoms with Gasteiger partial charge < -0.3 is 15.8 Å². The second-order valence-corrected chi connectivity index (χ2v) is 4.90. The molecule has 0 atom stereocenters. The number of nitriles is 1. The molecule has 0 aliphatic heterocycles. The van der Waals surface area contributed by atoms with Crippen LogP contribution >= 0.6 is 0 Å². The Labute approximate surface area is 107 Å². The molecule has 0 saturated carbocycles. The largest absolute Gasteiger partial charge is 0.477 e. The molecule has 0 fully saturated rings. The van der Waals surface area contributed by atoms with Gasteiger partial charge in [-0.15, -0.1) is 0 Å². The van der Waals surface area contributed by atoms with Crippen LogP contribution < -0.4 is 15.8 Å². The summed E-state index contributed by atoms with van der Waals surface area (Å²) in [6, 6.07) is 6.60. The minimum absolute atomic E-state index is 0.103. The molecule has 0 bridgehead atoms. The molecule has 1 aromatic carbocycles. The van der Waals surface area contributed by atoms with Crippen molar-refractivity contribution in [3.05, 3.63) is 23.8 Å².